The molecule has 17 heavy (non-hydrogen) atoms. The second-order valence-corrected chi connectivity index (χ2v) is 4.24. The molecule has 0 spiro atoms. The van der Waals surface area contributed by atoms with Gasteiger partial charge < -0.3 is 9.73 Å². The van der Waals surface area contributed by atoms with E-state index >= 15 is 0 Å². The van der Waals surface area contributed by atoms with Crippen molar-refractivity contribution < 1.29 is 4.42 Å². The van der Waals surface area contributed by atoms with Crippen molar-refractivity contribution in [1.82, 2.24) is 10.2 Å². The van der Waals surface area contributed by atoms with Crippen LogP contribution in [0, 0.1) is 19.3 Å². The zero-order valence-electron chi connectivity index (χ0n) is 11.0. The minimum absolute atomic E-state index is 0.694. The van der Waals surface area contributed by atoms with E-state index in [-0.39, 0.29) is 0 Å². The fourth-order valence-electron chi connectivity index (χ4n) is 1.91. The number of rotatable bonds is 7. The van der Waals surface area contributed by atoms with Gasteiger partial charge in [-0.15, -0.1) is 6.42 Å². The fraction of sp³-hybridized carbons (Fsp3) is 0.571. The Bertz CT molecular complexity index is 376. The van der Waals surface area contributed by atoms with Crippen LogP contribution in [-0.2, 0) is 13.1 Å². The van der Waals surface area contributed by atoms with Crippen molar-refractivity contribution in [3.63, 3.8) is 0 Å². The summed E-state index contributed by atoms with van der Waals surface area (Å²) in [5, 5.41) is 3.09. The standard InChI is InChI=1S/C14H22N2O/c1-5-7-16(8-6-2)11-13-9-14(10-15-4)17-12(13)3/h1,9,15H,6-8,10-11H2,2-4H3. The Morgan fingerprint density at radius 2 is 2.29 bits per heavy atom. The van der Waals surface area contributed by atoms with E-state index in [1.54, 1.807) is 0 Å². The largest absolute Gasteiger partial charge is 0.465 e. The van der Waals surface area contributed by atoms with E-state index in [2.05, 4.69) is 29.1 Å². The summed E-state index contributed by atoms with van der Waals surface area (Å²) in [6, 6.07) is 2.12. The maximum absolute atomic E-state index is 5.67. The molecule has 0 radical (unpaired) electrons. The van der Waals surface area contributed by atoms with Crippen LogP contribution in [0.3, 0.4) is 0 Å². The number of nitrogens with one attached hydrogen (secondary N) is 1. The second kappa shape index (κ2) is 7.16. The topological polar surface area (TPSA) is 28.4 Å². The molecule has 0 fully saturated rings. The normalized spacial score (nSPS) is 10.8. The molecule has 1 rings (SSSR count). The highest BCUT2D eigenvalue weighted by atomic mass is 16.3. The molecule has 0 aliphatic heterocycles. The van der Waals surface area contributed by atoms with Gasteiger partial charge in [0.1, 0.15) is 11.5 Å². The molecular formula is C14H22N2O. The van der Waals surface area contributed by atoms with Crippen molar-refractivity contribution in [3.05, 3.63) is 23.2 Å². The van der Waals surface area contributed by atoms with Crippen molar-refractivity contribution in [2.75, 3.05) is 20.1 Å². The molecule has 0 bridgehead atoms. The first-order valence-corrected chi connectivity index (χ1v) is 6.09. The zero-order chi connectivity index (χ0) is 12.7. The van der Waals surface area contributed by atoms with Crippen molar-refractivity contribution in [1.29, 1.82) is 0 Å². The van der Waals surface area contributed by atoms with Crippen LogP contribution in [0.5, 0.6) is 0 Å². The van der Waals surface area contributed by atoms with Gasteiger partial charge in [0, 0.05) is 12.1 Å². The fourth-order valence-corrected chi connectivity index (χ4v) is 1.91. The molecule has 94 valence electrons. The maximum atomic E-state index is 5.67. The molecular weight excluding hydrogens is 212 g/mol. The molecule has 0 aliphatic carbocycles. The lowest BCUT2D eigenvalue weighted by molar-refractivity contribution is 0.297. The first-order valence-electron chi connectivity index (χ1n) is 6.09. The molecule has 1 heterocycles. The second-order valence-electron chi connectivity index (χ2n) is 4.24. The van der Waals surface area contributed by atoms with Crippen LogP contribution in [0.2, 0.25) is 0 Å². The van der Waals surface area contributed by atoms with Gasteiger partial charge in [-0.3, -0.25) is 4.90 Å². The van der Waals surface area contributed by atoms with Crippen LogP contribution in [0.25, 0.3) is 0 Å². The molecule has 0 unspecified atom stereocenters. The summed E-state index contributed by atoms with van der Waals surface area (Å²) in [6.07, 6.45) is 6.49. The lowest BCUT2D eigenvalue weighted by Crippen LogP contribution is -2.24. The number of aryl methyl sites for hydroxylation is 1. The Kier molecular flexibility index (Phi) is 5.82. The van der Waals surface area contributed by atoms with Gasteiger partial charge >= 0.3 is 0 Å². The van der Waals surface area contributed by atoms with Gasteiger partial charge in [-0.25, -0.2) is 0 Å². The number of nitrogens with zero attached hydrogens (tertiary/aromatic N) is 1. The monoisotopic (exact) mass is 234 g/mol. The Labute approximate surface area is 104 Å². The lowest BCUT2D eigenvalue weighted by Gasteiger charge is -2.18. The van der Waals surface area contributed by atoms with E-state index in [9.17, 15) is 0 Å². The predicted octanol–water partition coefficient (Wildman–Crippen LogP) is 2.15. The van der Waals surface area contributed by atoms with E-state index in [0.717, 1.165) is 37.6 Å². The number of hydrogen-bond acceptors (Lipinski definition) is 3. The Hall–Kier alpha value is -1.24. The highest BCUT2D eigenvalue weighted by Gasteiger charge is 2.10. The third kappa shape index (κ3) is 4.26. The average molecular weight is 234 g/mol. The van der Waals surface area contributed by atoms with Crippen LogP contribution in [0.1, 0.15) is 30.4 Å². The Morgan fingerprint density at radius 3 is 2.88 bits per heavy atom. The summed E-state index contributed by atoms with van der Waals surface area (Å²) in [4.78, 5) is 2.26. The van der Waals surface area contributed by atoms with E-state index < -0.39 is 0 Å². The SMILES string of the molecule is C#CCN(CCC)Cc1cc(CNC)oc1C. The summed E-state index contributed by atoms with van der Waals surface area (Å²) in [5.41, 5.74) is 1.24. The highest BCUT2D eigenvalue weighted by molar-refractivity contribution is 5.21. The maximum Gasteiger partial charge on any atom is 0.118 e. The van der Waals surface area contributed by atoms with E-state index in [4.69, 9.17) is 10.8 Å². The molecule has 0 atom stereocenters. The Morgan fingerprint density at radius 1 is 1.53 bits per heavy atom. The molecule has 3 nitrogen and oxygen atoms in total. The van der Waals surface area contributed by atoms with Crippen LogP contribution in [0.4, 0.5) is 0 Å². The third-order valence-electron chi connectivity index (χ3n) is 2.67. The molecule has 0 amide bonds. The summed E-state index contributed by atoms with van der Waals surface area (Å²) in [6.45, 7) is 7.53. The number of terminal acetylenes is 1. The number of hydrogen-bond donors (Lipinski definition) is 1. The number of furan rings is 1. The highest BCUT2D eigenvalue weighted by Crippen LogP contribution is 2.16. The van der Waals surface area contributed by atoms with Gasteiger partial charge in [0.15, 0.2) is 0 Å². The average Bonchev–Trinajstić information content (AvgIpc) is 2.60. The van der Waals surface area contributed by atoms with Gasteiger partial charge in [0.2, 0.25) is 0 Å². The minimum Gasteiger partial charge on any atom is -0.465 e. The van der Waals surface area contributed by atoms with Crippen LogP contribution in [-0.4, -0.2) is 25.0 Å². The van der Waals surface area contributed by atoms with Crippen LogP contribution in [0.15, 0.2) is 10.5 Å². The lowest BCUT2D eigenvalue weighted by atomic mass is 10.2. The van der Waals surface area contributed by atoms with E-state index in [1.165, 1.54) is 5.56 Å². The molecule has 1 aromatic rings. The predicted molar refractivity (Wildman–Crippen MR) is 70.6 cm³/mol. The van der Waals surface area contributed by atoms with Crippen LogP contribution < -0.4 is 5.32 Å². The first kappa shape index (κ1) is 13.8. The molecule has 3 heteroatoms. The van der Waals surface area contributed by atoms with E-state index in [0.29, 0.717) is 6.54 Å². The van der Waals surface area contributed by atoms with Crippen molar-refractivity contribution in [2.24, 2.45) is 0 Å². The molecule has 0 saturated heterocycles. The summed E-state index contributed by atoms with van der Waals surface area (Å²) in [5.74, 6) is 4.68. The van der Waals surface area contributed by atoms with Gasteiger partial charge in [-0.05, 0) is 33.0 Å². The van der Waals surface area contributed by atoms with Crippen molar-refractivity contribution in [2.45, 2.75) is 33.4 Å². The van der Waals surface area contributed by atoms with Crippen LogP contribution >= 0.6 is 0 Å². The molecule has 0 saturated carbocycles. The van der Waals surface area contributed by atoms with Gasteiger partial charge in [-0.2, -0.15) is 0 Å². The molecule has 0 aromatic carbocycles. The molecule has 0 aliphatic rings. The summed E-state index contributed by atoms with van der Waals surface area (Å²) in [7, 11) is 1.92. The third-order valence-corrected chi connectivity index (χ3v) is 2.67. The quantitative estimate of drug-likeness (QED) is 0.733. The van der Waals surface area contributed by atoms with Gasteiger partial charge in [0.25, 0.3) is 0 Å². The summed E-state index contributed by atoms with van der Waals surface area (Å²) < 4.78 is 5.67. The summed E-state index contributed by atoms with van der Waals surface area (Å²) >= 11 is 0. The first-order chi connectivity index (χ1) is 8.21. The van der Waals surface area contributed by atoms with Crippen molar-refractivity contribution in [3.8, 4) is 12.3 Å². The van der Waals surface area contributed by atoms with E-state index in [1.807, 2.05) is 14.0 Å². The Balaban J connectivity index is 2.68. The minimum atomic E-state index is 0.694. The smallest absolute Gasteiger partial charge is 0.118 e. The molecule has 1 N–H and O–H groups in total. The molecule has 1 aromatic heterocycles. The zero-order valence-corrected chi connectivity index (χ0v) is 11.0. The van der Waals surface area contributed by atoms with Gasteiger partial charge in [0.05, 0.1) is 13.1 Å². The van der Waals surface area contributed by atoms with Crippen molar-refractivity contribution >= 4 is 0 Å². The van der Waals surface area contributed by atoms with Gasteiger partial charge in [-0.1, -0.05) is 12.8 Å².